The second kappa shape index (κ2) is 12.2. The van der Waals surface area contributed by atoms with Crippen LogP contribution in [0.3, 0.4) is 0 Å². The quantitative estimate of drug-likeness (QED) is 0.459. The van der Waals surface area contributed by atoms with Crippen molar-refractivity contribution in [1.82, 2.24) is 15.6 Å². The number of piperidine rings is 1. The fraction of sp³-hybridized carbons (Fsp3) is 0.520. The van der Waals surface area contributed by atoms with E-state index in [2.05, 4.69) is 52.6 Å². The molecule has 174 valence electrons. The molecule has 1 saturated heterocycles. The van der Waals surface area contributed by atoms with Gasteiger partial charge in [0.1, 0.15) is 5.82 Å². The maximum absolute atomic E-state index is 5.39. The van der Waals surface area contributed by atoms with E-state index in [0.717, 1.165) is 67.4 Å². The van der Waals surface area contributed by atoms with Crippen LogP contribution in [0.5, 0.6) is 11.5 Å². The van der Waals surface area contributed by atoms with Crippen molar-refractivity contribution in [3.63, 3.8) is 0 Å². The summed E-state index contributed by atoms with van der Waals surface area (Å²) in [5.74, 6) is 4.20. The monoisotopic (exact) mass is 439 g/mol. The van der Waals surface area contributed by atoms with E-state index in [0.29, 0.717) is 6.54 Å². The van der Waals surface area contributed by atoms with Crippen LogP contribution in [0, 0.1) is 5.92 Å². The largest absolute Gasteiger partial charge is 0.493 e. The lowest BCUT2D eigenvalue weighted by Gasteiger charge is -2.31. The van der Waals surface area contributed by atoms with Crippen LogP contribution in [0.15, 0.2) is 41.5 Å². The van der Waals surface area contributed by atoms with Gasteiger partial charge in [0.05, 0.1) is 20.8 Å². The van der Waals surface area contributed by atoms with Gasteiger partial charge in [-0.05, 0) is 61.4 Å². The topological polar surface area (TPSA) is 71.0 Å². The molecule has 1 aliphatic rings. The van der Waals surface area contributed by atoms with Crippen molar-refractivity contribution in [3.8, 4) is 11.5 Å². The Morgan fingerprint density at radius 3 is 2.47 bits per heavy atom. The van der Waals surface area contributed by atoms with Crippen molar-refractivity contribution in [3.05, 3.63) is 47.7 Å². The Bertz CT molecular complexity index is 861. The summed E-state index contributed by atoms with van der Waals surface area (Å²) in [5, 5.41) is 6.72. The van der Waals surface area contributed by atoms with E-state index in [9.17, 15) is 0 Å². The minimum Gasteiger partial charge on any atom is -0.493 e. The Labute approximate surface area is 192 Å². The minimum atomic E-state index is 0.593. The fourth-order valence-electron chi connectivity index (χ4n) is 3.81. The number of aromatic nitrogens is 1. The Morgan fingerprint density at radius 2 is 1.81 bits per heavy atom. The summed E-state index contributed by atoms with van der Waals surface area (Å²) in [5.41, 5.74) is 2.29. The highest BCUT2D eigenvalue weighted by Gasteiger charge is 2.16. The zero-order chi connectivity index (χ0) is 22.8. The molecule has 32 heavy (non-hydrogen) atoms. The number of nitrogens with zero attached hydrogens (tertiary/aromatic N) is 3. The first-order valence-electron chi connectivity index (χ1n) is 11.6. The van der Waals surface area contributed by atoms with E-state index in [1.807, 2.05) is 18.3 Å². The summed E-state index contributed by atoms with van der Waals surface area (Å²) < 4.78 is 10.7. The smallest absolute Gasteiger partial charge is 0.191 e. The molecule has 2 aromatic rings. The highest BCUT2D eigenvalue weighted by Crippen LogP contribution is 2.27. The molecule has 3 rings (SSSR count). The van der Waals surface area contributed by atoms with Gasteiger partial charge < -0.3 is 25.0 Å². The normalized spacial score (nSPS) is 14.9. The van der Waals surface area contributed by atoms with Gasteiger partial charge in [-0.25, -0.2) is 9.98 Å². The van der Waals surface area contributed by atoms with Crippen LogP contribution in [0.25, 0.3) is 0 Å². The molecule has 1 aromatic heterocycles. The van der Waals surface area contributed by atoms with Gasteiger partial charge in [0.15, 0.2) is 17.5 Å². The Balaban J connectivity index is 1.52. The SMILES string of the molecule is CCNC(=NCc1ccc(N2CCC(C)CC2)nc1)NCCc1ccc(OC)c(OC)c1. The fourth-order valence-corrected chi connectivity index (χ4v) is 3.81. The number of anilines is 1. The van der Waals surface area contributed by atoms with Crippen molar-refractivity contribution in [2.45, 2.75) is 39.7 Å². The Hall–Kier alpha value is -2.96. The van der Waals surface area contributed by atoms with Crippen LogP contribution < -0.4 is 25.0 Å². The molecule has 0 saturated carbocycles. The number of benzene rings is 1. The number of ether oxygens (including phenoxy) is 2. The molecule has 0 radical (unpaired) electrons. The predicted octanol–water partition coefficient (Wildman–Crippen LogP) is 3.63. The number of guanidine groups is 1. The van der Waals surface area contributed by atoms with Crippen LogP contribution in [0.2, 0.25) is 0 Å². The molecule has 1 fully saturated rings. The van der Waals surface area contributed by atoms with Crippen molar-refractivity contribution in [1.29, 1.82) is 0 Å². The van der Waals surface area contributed by atoms with Gasteiger partial charge >= 0.3 is 0 Å². The van der Waals surface area contributed by atoms with Crippen LogP contribution in [-0.2, 0) is 13.0 Å². The average molecular weight is 440 g/mol. The minimum absolute atomic E-state index is 0.593. The molecular formula is C25H37N5O2. The molecule has 0 atom stereocenters. The molecule has 2 N–H and O–H groups in total. The summed E-state index contributed by atoms with van der Waals surface area (Å²) >= 11 is 0. The first kappa shape index (κ1) is 23.7. The number of hydrogen-bond donors (Lipinski definition) is 2. The predicted molar refractivity (Wildman–Crippen MR) is 131 cm³/mol. The third kappa shape index (κ3) is 6.77. The molecule has 2 heterocycles. The third-order valence-corrected chi connectivity index (χ3v) is 5.83. The van der Waals surface area contributed by atoms with Gasteiger partial charge in [-0.15, -0.1) is 0 Å². The molecule has 0 bridgehead atoms. The maximum Gasteiger partial charge on any atom is 0.191 e. The maximum atomic E-state index is 5.39. The lowest BCUT2D eigenvalue weighted by Crippen LogP contribution is -2.38. The van der Waals surface area contributed by atoms with E-state index < -0.39 is 0 Å². The van der Waals surface area contributed by atoms with Crippen LogP contribution in [0.4, 0.5) is 5.82 Å². The lowest BCUT2D eigenvalue weighted by atomic mass is 9.99. The highest BCUT2D eigenvalue weighted by atomic mass is 16.5. The summed E-state index contributed by atoms with van der Waals surface area (Å²) in [4.78, 5) is 11.8. The summed E-state index contributed by atoms with van der Waals surface area (Å²) in [6.45, 7) is 8.77. The van der Waals surface area contributed by atoms with E-state index in [1.165, 1.54) is 18.4 Å². The van der Waals surface area contributed by atoms with Crippen LogP contribution in [0.1, 0.15) is 37.8 Å². The summed E-state index contributed by atoms with van der Waals surface area (Å²) in [7, 11) is 3.31. The van der Waals surface area contributed by atoms with Crippen LogP contribution >= 0.6 is 0 Å². The molecule has 0 amide bonds. The van der Waals surface area contributed by atoms with Gasteiger partial charge in [0, 0.05) is 32.4 Å². The molecule has 7 nitrogen and oxygen atoms in total. The van der Waals surface area contributed by atoms with E-state index in [-0.39, 0.29) is 0 Å². The standard InChI is InChI=1S/C25H37N5O2/c1-5-26-25(27-13-10-20-6-8-22(31-3)23(16-20)32-4)29-18-21-7-9-24(28-17-21)30-14-11-19(2)12-15-30/h6-9,16-17,19H,5,10-15,18H2,1-4H3,(H2,26,27,29). The number of hydrogen-bond acceptors (Lipinski definition) is 5. The lowest BCUT2D eigenvalue weighted by molar-refractivity contribution is 0.354. The number of aliphatic imine (C=N–C) groups is 1. The number of nitrogens with one attached hydrogen (secondary N) is 2. The van der Waals surface area contributed by atoms with Crippen LogP contribution in [-0.4, -0.2) is 51.3 Å². The molecule has 0 aliphatic carbocycles. The van der Waals surface area contributed by atoms with Crippen molar-refractivity contribution < 1.29 is 9.47 Å². The van der Waals surface area contributed by atoms with Gasteiger partial charge in [0.2, 0.25) is 0 Å². The number of pyridine rings is 1. The molecule has 0 unspecified atom stereocenters. The van der Waals surface area contributed by atoms with Crippen molar-refractivity contribution in [2.24, 2.45) is 10.9 Å². The highest BCUT2D eigenvalue weighted by molar-refractivity contribution is 5.79. The van der Waals surface area contributed by atoms with E-state index in [1.54, 1.807) is 14.2 Å². The summed E-state index contributed by atoms with van der Waals surface area (Å²) in [6.07, 6.45) is 5.29. The zero-order valence-electron chi connectivity index (χ0n) is 19.9. The second-order valence-corrected chi connectivity index (χ2v) is 8.26. The zero-order valence-corrected chi connectivity index (χ0v) is 19.9. The van der Waals surface area contributed by atoms with E-state index >= 15 is 0 Å². The average Bonchev–Trinajstić information content (AvgIpc) is 2.83. The molecular weight excluding hydrogens is 402 g/mol. The molecule has 1 aromatic carbocycles. The Morgan fingerprint density at radius 1 is 1.06 bits per heavy atom. The van der Waals surface area contributed by atoms with Crippen molar-refractivity contribution in [2.75, 3.05) is 45.3 Å². The first-order valence-corrected chi connectivity index (χ1v) is 11.6. The Kier molecular flexibility index (Phi) is 9.01. The van der Waals surface area contributed by atoms with E-state index in [4.69, 9.17) is 14.5 Å². The van der Waals surface area contributed by atoms with Gasteiger partial charge in [-0.2, -0.15) is 0 Å². The molecule has 0 spiro atoms. The number of methoxy groups -OCH3 is 2. The second-order valence-electron chi connectivity index (χ2n) is 8.26. The van der Waals surface area contributed by atoms with Gasteiger partial charge in [-0.1, -0.05) is 19.1 Å². The third-order valence-electron chi connectivity index (χ3n) is 5.83. The first-order chi connectivity index (χ1) is 15.6. The van der Waals surface area contributed by atoms with Gasteiger partial charge in [0.25, 0.3) is 0 Å². The molecule has 1 aliphatic heterocycles. The molecule has 7 heteroatoms. The van der Waals surface area contributed by atoms with Crippen molar-refractivity contribution >= 4 is 11.8 Å². The summed E-state index contributed by atoms with van der Waals surface area (Å²) in [6, 6.07) is 10.3. The number of rotatable bonds is 9. The van der Waals surface area contributed by atoms with Gasteiger partial charge in [-0.3, -0.25) is 0 Å².